The molecule has 1 heteroatoms. The van der Waals surface area contributed by atoms with Crippen molar-refractivity contribution in [2.24, 2.45) is 0 Å². The molecular formula is C24H23N. The van der Waals surface area contributed by atoms with Crippen LogP contribution >= 0.6 is 0 Å². The van der Waals surface area contributed by atoms with Gasteiger partial charge in [0.05, 0.1) is 11.4 Å². The van der Waals surface area contributed by atoms with Gasteiger partial charge in [-0.25, -0.2) is 4.98 Å². The van der Waals surface area contributed by atoms with Crippen molar-refractivity contribution in [1.29, 1.82) is 0 Å². The van der Waals surface area contributed by atoms with E-state index in [-0.39, 0.29) is 0 Å². The molecule has 2 aliphatic rings. The maximum absolute atomic E-state index is 5.12. The molecule has 0 aliphatic heterocycles. The maximum atomic E-state index is 5.12. The first kappa shape index (κ1) is 14.9. The highest BCUT2D eigenvalue weighted by Crippen LogP contribution is 2.45. The van der Waals surface area contributed by atoms with E-state index in [0.29, 0.717) is 5.92 Å². The number of hydrogen-bond acceptors (Lipinski definition) is 1. The molecule has 2 aliphatic carbocycles. The van der Waals surface area contributed by atoms with Gasteiger partial charge in [-0.2, -0.15) is 0 Å². The summed E-state index contributed by atoms with van der Waals surface area (Å²) >= 11 is 0. The number of aryl methyl sites for hydroxylation is 1. The molecule has 0 amide bonds. The Hall–Kier alpha value is -2.41. The molecule has 0 saturated heterocycles. The molecule has 0 bridgehead atoms. The molecule has 1 heterocycles. The third-order valence-corrected chi connectivity index (χ3v) is 5.50. The van der Waals surface area contributed by atoms with Gasteiger partial charge in [-0.1, -0.05) is 54.1 Å². The fraction of sp³-hybridized carbons (Fsp3) is 0.292. The normalized spacial score (nSPS) is 16.8. The molecule has 0 N–H and O–H groups in total. The number of rotatable bonds is 4. The van der Waals surface area contributed by atoms with Crippen LogP contribution < -0.4 is 0 Å². The minimum atomic E-state index is 0.704. The van der Waals surface area contributed by atoms with E-state index in [2.05, 4.69) is 67.6 Å². The van der Waals surface area contributed by atoms with Crippen LogP contribution in [0.4, 0.5) is 0 Å². The average Bonchev–Trinajstić information content (AvgIpc) is 3.55. The first-order chi connectivity index (χ1) is 12.3. The number of hydrogen-bond donors (Lipinski definition) is 0. The standard InChI is InChI=1S/C24H23N/c1-16-5-7-19(8-6-16)24-22(18-11-12-18)13-14-23(25-24)21-4-2-3-20(15-21)17-9-10-17/h2-8,13-15,17-18H,9-12H2,1H3. The highest BCUT2D eigenvalue weighted by atomic mass is 14.7. The van der Waals surface area contributed by atoms with Gasteiger partial charge in [0, 0.05) is 11.1 Å². The van der Waals surface area contributed by atoms with E-state index in [9.17, 15) is 0 Å². The summed E-state index contributed by atoms with van der Waals surface area (Å²) in [4.78, 5) is 5.12. The van der Waals surface area contributed by atoms with Crippen LogP contribution in [-0.4, -0.2) is 4.98 Å². The molecule has 1 aromatic heterocycles. The molecule has 0 spiro atoms. The van der Waals surface area contributed by atoms with E-state index >= 15 is 0 Å². The predicted octanol–water partition coefficient (Wildman–Crippen LogP) is 6.48. The fourth-order valence-corrected chi connectivity index (χ4v) is 3.67. The van der Waals surface area contributed by atoms with E-state index in [1.54, 1.807) is 0 Å². The van der Waals surface area contributed by atoms with Crippen LogP contribution in [0.3, 0.4) is 0 Å². The van der Waals surface area contributed by atoms with Crippen molar-refractivity contribution in [2.45, 2.75) is 44.4 Å². The van der Waals surface area contributed by atoms with Gasteiger partial charge in [0.25, 0.3) is 0 Å². The Balaban J connectivity index is 1.60. The topological polar surface area (TPSA) is 12.9 Å². The summed E-state index contributed by atoms with van der Waals surface area (Å²) in [5, 5.41) is 0. The van der Waals surface area contributed by atoms with Crippen LogP contribution in [0.1, 0.15) is 54.2 Å². The van der Waals surface area contributed by atoms with E-state index in [4.69, 9.17) is 4.98 Å². The van der Waals surface area contributed by atoms with Crippen molar-refractivity contribution in [3.63, 3.8) is 0 Å². The van der Waals surface area contributed by atoms with Gasteiger partial charge in [0.1, 0.15) is 0 Å². The third kappa shape index (κ3) is 3.00. The molecule has 2 aromatic carbocycles. The third-order valence-electron chi connectivity index (χ3n) is 5.50. The lowest BCUT2D eigenvalue weighted by Gasteiger charge is -2.12. The van der Waals surface area contributed by atoms with E-state index < -0.39 is 0 Å². The summed E-state index contributed by atoms with van der Waals surface area (Å²) in [7, 11) is 0. The summed E-state index contributed by atoms with van der Waals surface area (Å²) in [6, 6.07) is 22.3. The Kier molecular flexibility index (Phi) is 3.48. The van der Waals surface area contributed by atoms with Crippen LogP contribution in [0.25, 0.3) is 22.5 Å². The number of nitrogens with zero attached hydrogens (tertiary/aromatic N) is 1. The molecule has 5 rings (SSSR count). The fourth-order valence-electron chi connectivity index (χ4n) is 3.67. The lowest BCUT2D eigenvalue weighted by atomic mass is 9.99. The van der Waals surface area contributed by atoms with Crippen LogP contribution in [0.2, 0.25) is 0 Å². The van der Waals surface area contributed by atoms with Gasteiger partial charge < -0.3 is 0 Å². The smallest absolute Gasteiger partial charge is 0.0744 e. The van der Waals surface area contributed by atoms with Gasteiger partial charge >= 0.3 is 0 Å². The molecule has 1 nitrogen and oxygen atoms in total. The lowest BCUT2D eigenvalue weighted by molar-refractivity contribution is 1.10. The first-order valence-corrected chi connectivity index (χ1v) is 9.46. The highest BCUT2D eigenvalue weighted by molar-refractivity contribution is 5.70. The summed E-state index contributed by atoms with van der Waals surface area (Å²) in [6.07, 6.45) is 5.28. The number of aromatic nitrogens is 1. The molecular weight excluding hydrogens is 302 g/mol. The molecule has 2 fully saturated rings. The first-order valence-electron chi connectivity index (χ1n) is 9.46. The molecule has 0 radical (unpaired) electrons. The summed E-state index contributed by atoms with van der Waals surface area (Å²) in [5.74, 6) is 1.48. The van der Waals surface area contributed by atoms with Gasteiger partial charge in [0.2, 0.25) is 0 Å². The van der Waals surface area contributed by atoms with E-state index in [0.717, 1.165) is 11.6 Å². The van der Waals surface area contributed by atoms with Gasteiger partial charge in [-0.15, -0.1) is 0 Å². The molecule has 0 atom stereocenters. The average molecular weight is 325 g/mol. The number of pyridine rings is 1. The maximum Gasteiger partial charge on any atom is 0.0744 e. The van der Waals surface area contributed by atoms with Crippen molar-refractivity contribution >= 4 is 0 Å². The van der Waals surface area contributed by atoms with Gasteiger partial charge in [-0.3, -0.25) is 0 Å². The zero-order valence-corrected chi connectivity index (χ0v) is 14.7. The van der Waals surface area contributed by atoms with Crippen molar-refractivity contribution in [1.82, 2.24) is 4.98 Å². The second-order valence-electron chi connectivity index (χ2n) is 7.67. The zero-order valence-electron chi connectivity index (χ0n) is 14.7. The van der Waals surface area contributed by atoms with Gasteiger partial charge in [0.15, 0.2) is 0 Å². The Morgan fingerprint density at radius 2 is 1.52 bits per heavy atom. The van der Waals surface area contributed by atoms with Crippen LogP contribution in [0, 0.1) is 6.92 Å². The molecule has 25 heavy (non-hydrogen) atoms. The molecule has 124 valence electrons. The van der Waals surface area contributed by atoms with Crippen LogP contribution in [0.15, 0.2) is 60.7 Å². The minimum Gasteiger partial charge on any atom is -0.247 e. The summed E-state index contributed by atoms with van der Waals surface area (Å²) < 4.78 is 0. The van der Waals surface area contributed by atoms with Crippen LogP contribution in [0.5, 0.6) is 0 Å². The van der Waals surface area contributed by atoms with E-state index in [1.807, 2.05) is 0 Å². The summed E-state index contributed by atoms with van der Waals surface area (Å²) in [5.41, 5.74) is 8.96. The molecule has 0 unspecified atom stereocenters. The quantitative estimate of drug-likeness (QED) is 0.535. The molecule has 3 aromatic rings. The van der Waals surface area contributed by atoms with Crippen molar-refractivity contribution < 1.29 is 0 Å². The second kappa shape index (κ2) is 5.84. The predicted molar refractivity (Wildman–Crippen MR) is 104 cm³/mol. The lowest BCUT2D eigenvalue weighted by Crippen LogP contribution is -1.95. The molecule has 2 saturated carbocycles. The van der Waals surface area contributed by atoms with Crippen molar-refractivity contribution in [3.8, 4) is 22.5 Å². The number of benzene rings is 2. The SMILES string of the molecule is Cc1ccc(-c2nc(-c3cccc(C4CC4)c3)ccc2C2CC2)cc1. The zero-order chi connectivity index (χ0) is 16.8. The Morgan fingerprint density at radius 3 is 2.24 bits per heavy atom. The van der Waals surface area contributed by atoms with Crippen LogP contribution in [-0.2, 0) is 0 Å². The Bertz CT molecular complexity index is 915. The monoisotopic (exact) mass is 325 g/mol. The summed E-state index contributed by atoms with van der Waals surface area (Å²) in [6.45, 7) is 2.14. The highest BCUT2D eigenvalue weighted by Gasteiger charge is 2.28. The minimum absolute atomic E-state index is 0.704. The largest absolute Gasteiger partial charge is 0.247 e. The van der Waals surface area contributed by atoms with Gasteiger partial charge in [-0.05, 0) is 67.7 Å². The van der Waals surface area contributed by atoms with E-state index in [1.165, 1.54) is 59.2 Å². The van der Waals surface area contributed by atoms with Crippen molar-refractivity contribution in [2.75, 3.05) is 0 Å². The Morgan fingerprint density at radius 1 is 0.760 bits per heavy atom. The van der Waals surface area contributed by atoms with Crippen molar-refractivity contribution in [3.05, 3.63) is 77.4 Å². The Labute approximate surface area is 149 Å². The second-order valence-corrected chi connectivity index (χ2v) is 7.67.